The van der Waals surface area contributed by atoms with Gasteiger partial charge in [0.15, 0.2) is 0 Å². The van der Waals surface area contributed by atoms with Gasteiger partial charge in [-0.15, -0.1) is 0 Å². The topological polar surface area (TPSA) is 38.8 Å². The second-order valence-electron chi connectivity index (χ2n) is 4.51. The smallest absolute Gasteiger partial charge is 0.225 e. The monoisotopic (exact) mass is 199 g/mol. The van der Waals surface area contributed by atoms with Crippen molar-refractivity contribution in [3.63, 3.8) is 0 Å². The summed E-state index contributed by atoms with van der Waals surface area (Å²) in [5, 5.41) is 0. The maximum atomic E-state index is 11.7. The Balaban J connectivity index is 2.16. The summed E-state index contributed by atoms with van der Waals surface area (Å²) in [7, 11) is 1.67. The van der Waals surface area contributed by atoms with Gasteiger partial charge >= 0.3 is 0 Å². The van der Waals surface area contributed by atoms with E-state index in [0.717, 1.165) is 0 Å². The van der Waals surface area contributed by atoms with Crippen LogP contribution in [0.1, 0.15) is 20.3 Å². The van der Waals surface area contributed by atoms with Crippen LogP contribution in [0.3, 0.4) is 0 Å². The van der Waals surface area contributed by atoms with Crippen LogP contribution in [0.15, 0.2) is 0 Å². The molecule has 0 unspecified atom stereocenters. The molecular weight excluding hydrogens is 182 g/mol. The van der Waals surface area contributed by atoms with Crippen molar-refractivity contribution < 1.29 is 14.3 Å². The van der Waals surface area contributed by atoms with Gasteiger partial charge in [-0.3, -0.25) is 4.79 Å². The Labute approximate surface area is 84.2 Å². The normalized spacial score (nSPS) is 35.1. The van der Waals surface area contributed by atoms with Gasteiger partial charge in [0.2, 0.25) is 5.91 Å². The zero-order valence-corrected chi connectivity index (χ0v) is 8.95. The van der Waals surface area contributed by atoms with Gasteiger partial charge in [-0.25, -0.2) is 0 Å². The first kappa shape index (κ1) is 9.93. The van der Waals surface area contributed by atoms with Crippen molar-refractivity contribution in [1.82, 2.24) is 4.90 Å². The molecule has 0 radical (unpaired) electrons. The number of ether oxygens (including phenoxy) is 2. The van der Waals surface area contributed by atoms with Crippen LogP contribution in [-0.4, -0.2) is 42.9 Å². The lowest BCUT2D eigenvalue weighted by molar-refractivity contribution is -0.141. The number of methoxy groups -OCH3 is 1. The van der Waals surface area contributed by atoms with Crippen molar-refractivity contribution in [1.29, 1.82) is 0 Å². The van der Waals surface area contributed by atoms with Crippen LogP contribution in [0.2, 0.25) is 0 Å². The summed E-state index contributed by atoms with van der Waals surface area (Å²) in [5.41, 5.74) is -0.426. The number of hydrogen-bond donors (Lipinski definition) is 0. The Bertz CT molecular complexity index is 252. The molecule has 2 rings (SSSR count). The van der Waals surface area contributed by atoms with Gasteiger partial charge < -0.3 is 14.4 Å². The molecule has 2 fully saturated rings. The molecule has 0 aromatic heterocycles. The predicted octanol–water partition coefficient (Wildman–Crippen LogP) is 0.616. The second kappa shape index (κ2) is 3.21. The Morgan fingerprint density at radius 2 is 2.36 bits per heavy atom. The first-order chi connectivity index (χ1) is 6.56. The highest BCUT2D eigenvalue weighted by Crippen LogP contribution is 2.38. The molecule has 0 N–H and O–H groups in total. The molecule has 1 amide bonds. The summed E-state index contributed by atoms with van der Waals surface area (Å²) < 4.78 is 10.7. The molecule has 2 atom stereocenters. The minimum absolute atomic E-state index is 0.194. The Morgan fingerprint density at radius 3 is 3.00 bits per heavy atom. The van der Waals surface area contributed by atoms with Gasteiger partial charge in [-0.1, -0.05) is 0 Å². The summed E-state index contributed by atoms with van der Waals surface area (Å²) in [6.07, 6.45) is 0.602. The molecule has 0 saturated carbocycles. The van der Waals surface area contributed by atoms with E-state index in [-0.39, 0.29) is 11.9 Å². The highest BCUT2D eigenvalue weighted by Gasteiger charge is 2.51. The predicted molar refractivity (Wildman–Crippen MR) is 50.6 cm³/mol. The maximum Gasteiger partial charge on any atom is 0.225 e. The van der Waals surface area contributed by atoms with Crippen LogP contribution < -0.4 is 0 Å². The lowest BCUT2D eigenvalue weighted by atomic mass is 10.0. The van der Waals surface area contributed by atoms with Gasteiger partial charge in [0.25, 0.3) is 0 Å². The quantitative estimate of drug-likeness (QED) is 0.654. The number of rotatable bonds is 2. The molecule has 0 spiro atoms. The molecule has 2 aliphatic rings. The molecule has 0 aromatic carbocycles. The van der Waals surface area contributed by atoms with E-state index in [1.807, 2.05) is 18.7 Å². The van der Waals surface area contributed by atoms with Crippen molar-refractivity contribution >= 4 is 5.91 Å². The van der Waals surface area contributed by atoms with E-state index in [2.05, 4.69) is 0 Å². The lowest BCUT2D eigenvalue weighted by Gasteiger charge is -2.29. The minimum Gasteiger partial charge on any atom is -0.384 e. The summed E-state index contributed by atoms with van der Waals surface area (Å²) in [4.78, 5) is 13.6. The third-order valence-corrected chi connectivity index (χ3v) is 3.15. The number of nitrogens with zero attached hydrogens (tertiary/aromatic N) is 1. The highest BCUT2D eigenvalue weighted by molar-refractivity contribution is 5.80. The van der Waals surface area contributed by atoms with Crippen LogP contribution in [-0.2, 0) is 14.3 Å². The van der Waals surface area contributed by atoms with E-state index in [9.17, 15) is 4.79 Å². The average molecular weight is 199 g/mol. The van der Waals surface area contributed by atoms with Crippen molar-refractivity contribution in [2.45, 2.75) is 32.0 Å². The number of fused-ring (bicyclic) bond motifs is 1. The van der Waals surface area contributed by atoms with E-state index >= 15 is 0 Å². The van der Waals surface area contributed by atoms with Gasteiger partial charge in [0, 0.05) is 19.4 Å². The van der Waals surface area contributed by atoms with Gasteiger partial charge in [-0.05, 0) is 13.8 Å². The number of amides is 1. The van der Waals surface area contributed by atoms with E-state index in [0.29, 0.717) is 25.6 Å². The van der Waals surface area contributed by atoms with E-state index < -0.39 is 5.72 Å². The Hall–Kier alpha value is -0.610. The van der Waals surface area contributed by atoms with Crippen molar-refractivity contribution in [3.8, 4) is 0 Å². The fourth-order valence-electron chi connectivity index (χ4n) is 2.51. The van der Waals surface area contributed by atoms with Crippen LogP contribution in [0, 0.1) is 5.92 Å². The van der Waals surface area contributed by atoms with Crippen LogP contribution in [0.5, 0.6) is 0 Å². The van der Waals surface area contributed by atoms with Gasteiger partial charge in [-0.2, -0.15) is 0 Å². The average Bonchev–Trinajstić information content (AvgIpc) is 2.55. The molecule has 2 aliphatic heterocycles. The lowest BCUT2D eigenvalue weighted by Crippen LogP contribution is -2.44. The molecule has 0 bridgehead atoms. The molecule has 4 nitrogen and oxygen atoms in total. The van der Waals surface area contributed by atoms with Crippen LogP contribution in [0.25, 0.3) is 0 Å². The first-order valence-electron chi connectivity index (χ1n) is 5.01. The maximum absolute atomic E-state index is 11.7. The van der Waals surface area contributed by atoms with E-state index in [1.54, 1.807) is 7.11 Å². The van der Waals surface area contributed by atoms with Crippen molar-refractivity contribution in [2.24, 2.45) is 5.92 Å². The highest BCUT2D eigenvalue weighted by atomic mass is 16.5. The summed E-state index contributed by atoms with van der Waals surface area (Å²) >= 11 is 0. The molecular formula is C10H17NO3. The van der Waals surface area contributed by atoms with Gasteiger partial charge in [0.1, 0.15) is 5.72 Å². The Kier molecular flexibility index (Phi) is 2.27. The molecule has 14 heavy (non-hydrogen) atoms. The van der Waals surface area contributed by atoms with E-state index in [1.165, 1.54) is 0 Å². The third kappa shape index (κ3) is 1.33. The van der Waals surface area contributed by atoms with Crippen molar-refractivity contribution in [3.05, 3.63) is 0 Å². The summed E-state index contributed by atoms with van der Waals surface area (Å²) in [6.45, 7) is 5.18. The van der Waals surface area contributed by atoms with Gasteiger partial charge in [0.05, 0.1) is 19.3 Å². The van der Waals surface area contributed by atoms with E-state index in [4.69, 9.17) is 9.47 Å². The minimum atomic E-state index is -0.426. The number of carbonyl (C=O) groups excluding carboxylic acids is 1. The van der Waals surface area contributed by atoms with Crippen LogP contribution in [0.4, 0.5) is 0 Å². The molecule has 80 valence electrons. The Morgan fingerprint density at radius 1 is 1.64 bits per heavy atom. The third-order valence-electron chi connectivity index (χ3n) is 3.15. The summed E-state index contributed by atoms with van der Waals surface area (Å²) in [5.74, 6) is 0.494. The SMILES string of the molecule is COC[C@@H]1CC(=O)N2[C@@H]1COC2(C)C. The summed E-state index contributed by atoms with van der Waals surface area (Å²) in [6, 6.07) is 0.220. The first-order valence-corrected chi connectivity index (χ1v) is 5.01. The zero-order chi connectivity index (χ0) is 10.3. The molecule has 0 aliphatic carbocycles. The molecule has 0 aromatic rings. The molecule has 4 heteroatoms. The number of carbonyl (C=O) groups is 1. The second-order valence-corrected chi connectivity index (χ2v) is 4.51. The zero-order valence-electron chi connectivity index (χ0n) is 8.95. The number of hydrogen-bond acceptors (Lipinski definition) is 3. The van der Waals surface area contributed by atoms with Crippen LogP contribution >= 0.6 is 0 Å². The van der Waals surface area contributed by atoms with Crippen molar-refractivity contribution in [2.75, 3.05) is 20.3 Å². The molecule has 2 saturated heterocycles. The standard InChI is InChI=1S/C10H17NO3/c1-10(2)11-8(6-14-10)7(5-13-3)4-9(11)12/h7-8H,4-6H2,1-3H3/t7-,8+/m0/s1. The molecule has 2 heterocycles. The fraction of sp³-hybridized carbons (Fsp3) is 0.900. The fourth-order valence-corrected chi connectivity index (χ4v) is 2.51. The largest absolute Gasteiger partial charge is 0.384 e.